The van der Waals surface area contributed by atoms with Crippen LogP contribution in [0.2, 0.25) is 0 Å². The summed E-state index contributed by atoms with van der Waals surface area (Å²) < 4.78 is 5.27. The molecule has 0 aromatic rings. The molecule has 1 N–H and O–H groups in total. The molecule has 0 unspecified atom stereocenters. The summed E-state index contributed by atoms with van der Waals surface area (Å²) in [5.41, 5.74) is 0. The molecule has 0 aliphatic carbocycles. The summed E-state index contributed by atoms with van der Waals surface area (Å²) in [6.45, 7) is 4.10. The zero-order valence-corrected chi connectivity index (χ0v) is 9.45. The van der Waals surface area contributed by atoms with Gasteiger partial charge in [-0.3, -0.25) is 4.79 Å². The molecule has 1 atom stereocenters. The number of unbranched alkanes of at least 4 members (excludes halogenated alkanes) is 2. The van der Waals surface area contributed by atoms with Crippen molar-refractivity contribution in [2.75, 3.05) is 26.3 Å². The van der Waals surface area contributed by atoms with E-state index in [0.29, 0.717) is 26.1 Å². The Morgan fingerprint density at radius 3 is 2.93 bits per heavy atom. The molecule has 15 heavy (non-hydrogen) atoms. The first-order valence-corrected chi connectivity index (χ1v) is 5.77. The molecule has 0 bridgehead atoms. The minimum atomic E-state index is -0.339. The van der Waals surface area contributed by atoms with Crippen LogP contribution in [0, 0.1) is 0 Å². The number of hydrogen-bond acceptors (Lipinski definition) is 3. The first-order valence-electron chi connectivity index (χ1n) is 5.77. The summed E-state index contributed by atoms with van der Waals surface area (Å²) in [5.74, 6) is 0.00282. The molecule has 0 radical (unpaired) electrons. The normalized spacial score (nSPS) is 20.9. The van der Waals surface area contributed by atoms with Crippen molar-refractivity contribution >= 4 is 5.91 Å². The molecule has 0 spiro atoms. The highest BCUT2D eigenvalue weighted by Crippen LogP contribution is 2.08. The van der Waals surface area contributed by atoms with E-state index in [9.17, 15) is 9.90 Å². The van der Waals surface area contributed by atoms with Crippen LogP contribution in [0.25, 0.3) is 0 Å². The van der Waals surface area contributed by atoms with Crippen LogP contribution in [-0.2, 0) is 9.53 Å². The molecule has 0 saturated carbocycles. The smallest absolute Gasteiger partial charge is 0.248 e. The molecule has 1 amide bonds. The van der Waals surface area contributed by atoms with Gasteiger partial charge in [-0.05, 0) is 12.8 Å². The molecule has 4 heteroatoms. The van der Waals surface area contributed by atoms with Crippen molar-refractivity contribution in [1.82, 2.24) is 4.90 Å². The van der Waals surface area contributed by atoms with Gasteiger partial charge < -0.3 is 14.7 Å². The summed E-state index contributed by atoms with van der Waals surface area (Å²) in [5, 5.41) is 9.26. The highest BCUT2D eigenvalue weighted by atomic mass is 16.5. The van der Waals surface area contributed by atoms with E-state index in [0.717, 1.165) is 19.3 Å². The molecule has 1 rings (SSSR count). The van der Waals surface area contributed by atoms with E-state index in [1.54, 1.807) is 4.90 Å². The Bertz CT molecular complexity index is 196. The van der Waals surface area contributed by atoms with Crippen LogP contribution < -0.4 is 0 Å². The number of aliphatic hydroxyl groups excluding tert-OH is 1. The molecule has 0 aromatic heterocycles. The zero-order valence-electron chi connectivity index (χ0n) is 9.45. The third kappa shape index (κ3) is 4.62. The summed E-state index contributed by atoms with van der Waals surface area (Å²) in [4.78, 5) is 13.2. The summed E-state index contributed by atoms with van der Waals surface area (Å²) in [6, 6.07) is 0. The van der Waals surface area contributed by atoms with Crippen LogP contribution in [-0.4, -0.2) is 48.3 Å². The number of rotatable bonds is 6. The van der Waals surface area contributed by atoms with Crippen molar-refractivity contribution < 1.29 is 14.6 Å². The fourth-order valence-electron chi connectivity index (χ4n) is 1.67. The predicted molar refractivity (Wildman–Crippen MR) is 57.5 cm³/mol. The number of amides is 1. The molecule has 1 heterocycles. The van der Waals surface area contributed by atoms with Crippen molar-refractivity contribution in [2.45, 2.75) is 38.7 Å². The molecular weight excluding hydrogens is 194 g/mol. The average Bonchev–Trinajstić information content (AvgIpc) is 2.64. The number of nitrogens with zero attached hydrogens (tertiary/aromatic N) is 1. The SMILES string of the molecule is CCCCCOCC(=O)N1CC[C@@H](O)C1. The number of hydrogen-bond donors (Lipinski definition) is 1. The van der Waals surface area contributed by atoms with Gasteiger partial charge in [0.15, 0.2) is 0 Å². The third-order valence-electron chi connectivity index (χ3n) is 2.63. The third-order valence-corrected chi connectivity index (χ3v) is 2.63. The van der Waals surface area contributed by atoms with Crippen molar-refractivity contribution in [1.29, 1.82) is 0 Å². The van der Waals surface area contributed by atoms with E-state index >= 15 is 0 Å². The Kier molecular flexibility index (Phi) is 5.65. The fourth-order valence-corrected chi connectivity index (χ4v) is 1.67. The first-order chi connectivity index (χ1) is 7.24. The Balaban J connectivity index is 2.03. The van der Waals surface area contributed by atoms with E-state index in [4.69, 9.17) is 4.74 Å². The van der Waals surface area contributed by atoms with Crippen LogP contribution in [0.5, 0.6) is 0 Å². The summed E-state index contributed by atoms with van der Waals surface area (Å²) in [7, 11) is 0. The van der Waals surface area contributed by atoms with E-state index in [1.165, 1.54) is 0 Å². The minimum Gasteiger partial charge on any atom is -0.391 e. The van der Waals surface area contributed by atoms with Crippen LogP contribution in [0.15, 0.2) is 0 Å². The highest BCUT2D eigenvalue weighted by molar-refractivity contribution is 5.77. The molecule has 1 saturated heterocycles. The van der Waals surface area contributed by atoms with E-state index in [2.05, 4.69) is 6.92 Å². The number of likely N-dealkylation sites (tertiary alicyclic amines) is 1. The maximum Gasteiger partial charge on any atom is 0.248 e. The summed E-state index contributed by atoms with van der Waals surface area (Å²) in [6.07, 6.45) is 3.69. The van der Waals surface area contributed by atoms with Crippen molar-refractivity contribution in [2.24, 2.45) is 0 Å². The van der Waals surface area contributed by atoms with Gasteiger partial charge in [0.1, 0.15) is 6.61 Å². The van der Waals surface area contributed by atoms with Crippen LogP contribution in [0.4, 0.5) is 0 Å². The molecule has 0 aromatic carbocycles. The summed E-state index contributed by atoms with van der Waals surface area (Å²) >= 11 is 0. The van der Waals surface area contributed by atoms with Crippen molar-refractivity contribution in [3.8, 4) is 0 Å². The monoisotopic (exact) mass is 215 g/mol. The molecule has 88 valence electrons. The van der Waals surface area contributed by atoms with Crippen molar-refractivity contribution in [3.63, 3.8) is 0 Å². The van der Waals surface area contributed by atoms with Crippen molar-refractivity contribution in [3.05, 3.63) is 0 Å². The lowest BCUT2D eigenvalue weighted by Crippen LogP contribution is -2.32. The van der Waals surface area contributed by atoms with Gasteiger partial charge in [0.25, 0.3) is 0 Å². The number of carbonyl (C=O) groups excluding carboxylic acids is 1. The zero-order chi connectivity index (χ0) is 11.1. The van der Waals surface area contributed by atoms with Crippen LogP contribution in [0.3, 0.4) is 0 Å². The quantitative estimate of drug-likeness (QED) is 0.666. The molecular formula is C11H21NO3. The first kappa shape index (κ1) is 12.5. The lowest BCUT2D eigenvalue weighted by molar-refractivity contribution is -0.135. The van der Waals surface area contributed by atoms with E-state index < -0.39 is 0 Å². The number of aliphatic hydroxyl groups is 1. The topological polar surface area (TPSA) is 49.8 Å². The largest absolute Gasteiger partial charge is 0.391 e. The number of β-amino-alcohol motifs (C(OH)–C–C–N with tert-alkyl or cyclic N) is 1. The fraction of sp³-hybridized carbons (Fsp3) is 0.909. The molecule has 1 aliphatic rings. The Morgan fingerprint density at radius 1 is 1.53 bits per heavy atom. The minimum absolute atomic E-state index is 0.00282. The van der Waals surface area contributed by atoms with Crippen LogP contribution in [0.1, 0.15) is 32.6 Å². The second-order valence-electron chi connectivity index (χ2n) is 4.04. The Labute approximate surface area is 91.2 Å². The standard InChI is InChI=1S/C11H21NO3/c1-2-3-4-7-15-9-11(14)12-6-5-10(13)8-12/h10,13H,2-9H2,1H3/t10-/m1/s1. The maximum absolute atomic E-state index is 11.5. The van der Waals surface area contributed by atoms with Crippen LogP contribution >= 0.6 is 0 Å². The predicted octanol–water partition coefficient (Wildman–Crippen LogP) is 0.786. The van der Waals surface area contributed by atoms with E-state index in [-0.39, 0.29) is 18.6 Å². The van der Waals surface area contributed by atoms with Gasteiger partial charge in [-0.15, -0.1) is 0 Å². The number of ether oxygens (including phenoxy) is 1. The van der Waals surface area contributed by atoms with Gasteiger partial charge in [-0.1, -0.05) is 19.8 Å². The van der Waals surface area contributed by atoms with Gasteiger partial charge >= 0.3 is 0 Å². The second kappa shape index (κ2) is 6.80. The molecule has 4 nitrogen and oxygen atoms in total. The van der Waals surface area contributed by atoms with E-state index in [1.807, 2.05) is 0 Å². The van der Waals surface area contributed by atoms with Gasteiger partial charge in [0.05, 0.1) is 6.10 Å². The number of carbonyl (C=O) groups is 1. The lowest BCUT2D eigenvalue weighted by atomic mass is 10.3. The Hall–Kier alpha value is -0.610. The highest BCUT2D eigenvalue weighted by Gasteiger charge is 2.24. The lowest BCUT2D eigenvalue weighted by Gasteiger charge is -2.15. The van der Waals surface area contributed by atoms with Gasteiger partial charge in [-0.25, -0.2) is 0 Å². The second-order valence-corrected chi connectivity index (χ2v) is 4.04. The maximum atomic E-state index is 11.5. The molecule has 1 fully saturated rings. The molecule has 1 aliphatic heterocycles. The Morgan fingerprint density at radius 2 is 2.33 bits per heavy atom. The average molecular weight is 215 g/mol. The van der Waals surface area contributed by atoms with Gasteiger partial charge in [-0.2, -0.15) is 0 Å². The van der Waals surface area contributed by atoms with Gasteiger partial charge in [0, 0.05) is 19.7 Å². The van der Waals surface area contributed by atoms with Gasteiger partial charge in [0.2, 0.25) is 5.91 Å².